The van der Waals surface area contributed by atoms with Crippen LogP contribution in [0.2, 0.25) is 0 Å². The molecular weight excluding hydrogens is 176 g/mol. The van der Waals surface area contributed by atoms with E-state index in [1.165, 1.54) is 20.8 Å². The highest BCUT2D eigenvalue weighted by Gasteiger charge is 2.48. The van der Waals surface area contributed by atoms with Crippen molar-refractivity contribution in [1.29, 1.82) is 0 Å². The van der Waals surface area contributed by atoms with Gasteiger partial charge in [-0.25, -0.2) is 4.79 Å². The zero-order chi connectivity index (χ0) is 10.9. The van der Waals surface area contributed by atoms with Gasteiger partial charge in [0.25, 0.3) is 0 Å². The number of hydrogen-bond acceptors (Lipinski definition) is 5. The van der Waals surface area contributed by atoms with Crippen molar-refractivity contribution in [3.63, 3.8) is 0 Å². The van der Waals surface area contributed by atoms with E-state index in [0.29, 0.717) is 0 Å². The topological polar surface area (TPSA) is 83.8 Å². The van der Waals surface area contributed by atoms with E-state index in [4.69, 9.17) is 10.2 Å². The van der Waals surface area contributed by atoms with Crippen LogP contribution in [0.25, 0.3) is 0 Å². The molecule has 0 bridgehead atoms. The molecule has 0 aromatic carbocycles. The van der Waals surface area contributed by atoms with E-state index >= 15 is 0 Å². The van der Waals surface area contributed by atoms with E-state index in [0.717, 1.165) is 7.11 Å². The summed E-state index contributed by atoms with van der Waals surface area (Å²) in [4.78, 5) is 22.1. The van der Waals surface area contributed by atoms with Crippen LogP contribution in [-0.2, 0) is 14.3 Å². The number of Topliss-reactive ketones (excluding diaryl/α,β-unsaturated/α-hetero) is 1. The number of aliphatic hydroxyl groups is 2. The third-order valence-corrected chi connectivity index (χ3v) is 1.47. The fourth-order valence-corrected chi connectivity index (χ4v) is 0.758. The van der Waals surface area contributed by atoms with Crippen molar-refractivity contribution in [3.05, 3.63) is 0 Å². The first-order valence-electron chi connectivity index (χ1n) is 3.72. The fourth-order valence-electron chi connectivity index (χ4n) is 0.758. The standard InChI is InChI=1S/C8H14O5/c1-7(2,3)5(9)8(11,12)6(10)13-4/h11-12H,1-4H3. The highest BCUT2D eigenvalue weighted by molar-refractivity contribution is 6.07. The number of ether oxygens (including phenoxy) is 1. The second-order valence-corrected chi connectivity index (χ2v) is 3.74. The van der Waals surface area contributed by atoms with Crippen LogP contribution in [0.15, 0.2) is 0 Å². The largest absolute Gasteiger partial charge is 0.465 e. The maximum atomic E-state index is 11.3. The molecule has 76 valence electrons. The van der Waals surface area contributed by atoms with E-state index in [-0.39, 0.29) is 0 Å². The SMILES string of the molecule is COC(=O)C(O)(O)C(=O)C(C)(C)C. The zero-order valence-electron chi connectivity index (χ0n) is 8.12. The van der Waals surface area contributed by atoms with Gasteiger partial charge in [0.15, 0.2) is 0 Å². The van der Waals surface area contributed by atoms with Gasteiger partial charge in [0.05, 0.1) is 7.11 Å². The maximum Gasteiger partial charge on any atom is 0.374 e. The molecule has 0 atom stereocenters. The number of ketones is 1. The first kappa shape index (κ1) is 12.1. The summed E-state index contributed by atoms with van der Waals surface area (Å²) in [6.45, 7) is 4.42. The van der Waals surface area contributed by atoms with Crippen LogP contribution < -0.4 is 0 Å². The Morgan fingerprint density at radius 3 is 1.77 bits per heavy atom. The van der Waals surface area contributed by atoms with Gasteiger partial charge < -0.3 is 14.9 Å². The summed E-state index contributed by atoms with van der Waals surface area (Å²) in [7, 11) is 0.972. The predicted octanol–water partition coefficient (Wildman–Crippen LogP) is -0.545. The number of esters is 1. The Balaban J connectivity index is 4.85. The van der Waals surface area contributed by atoms with Gasteiger partial charge in [-0.15, -0.1) is 0 Å². The van der Waals surface area contributed by atoms with Crippen LogP contribution >= 0.6 is 0 Å². The minimum Gasteiger partial charge on any atom is -0.465 e. The smallest absolute Gasteiger partial charge is 0.374 e. The predicted molar refractivity (Wildman–Crippen MR) is 43.6 cm³/mol. The Morgan fingerprint density at radius 2 is 1.54 bits per heavy atom. The number of carbonyl (C=O) groups excluding carboxylic acids is 2. The van der Waals surface area contributed by atoms with Gasteiger partial charge in [-0.3, -0.25) is 4.79 Å². The molecule has 0 heterocycles. The van der Waals surface area contributed by atoms with Crippen molar-refractivity contribution < 1.29 is 24.5 Å². The first-order valence-corrected chi connectivity index (χ1v) is 3.72. The number of methoxy groups -OCH3 is 1. The molecule has 0 aliphatic rings. The lowest BCUT2D eigenvalue weighted by molar-refractivity contribution is -0.211. The molecule has 2 N–H and O–H groups in total. The van der Waals surface area contributed by atoms with Crippen molar-refractivity contribution in [3.8, 4) is 0 Å². The average Bonchev–Trinajstić information content (AvgIpc) is 1.99. The lowest BCUT2D eigenvalue weighted by atomic mass is 9.86. The number of rotatable bonds is 2. The third-order valence-electron chi connectivity index (χ3n) is 1.47. The molecule has 0 aromatic heterocycles. The van der Waals surface area contributed by atoms with Gasteiger partial charge in [-0.05, 0) is 0 Å². The fraction of sp³-hybridized carbons (Fsp3) is 0.750. The minimum absolute atomic E-state index is 0.972. The van der Waals surface area contributed by atoms with Gasteiger partial charge in [-0.2, -0.15) is 0 Å². The van der Waals surface area contributed by atoms with E-state index in [9.17, 15) is 9.59 Å². The Kier molecular flexibility index (Phi) is 3.18. The average molecular weight is 190 g/mol. The first-order chi connectivity index (χ1) is 5.64. The molecule has 0 unspecified atom stereocenters. The lowest BCUT2D eigenvalue weighted by Crippen LogP contribution is -2.52. The summed E-state index contributed by atoms with van der Waals surface area (Å²) < 4.78 is 4.07. The summed E-state index contributed by atoms with van der Waals surface area (Å²) in [6, 6.07) is 0. The van der Waals surface area contributed by atoms with Crippen LogP contribution in [0.5, 0.6) is 0 Å². The normalized spacial score (nSPS) is 12.5. The number of carbonyl (C=O) groups is 2. The Bertz CT molecular complexity index is 223. The van der Waals surface area contributed by atoms with Crippen molar-refractivity contribution in [2.45, 2.75) is 26.6 Å². The summed E-state index contributed by atoms with van der Waals surface area (Å²) in [5, 5.41) is 18.2. The van der Waals surface area contributed by atoms with Gasteiger partial charge in [0, 0.05) is 5.41 Å². The second-order valence-electron chi connectivity index (χ2n) is 3.74. The maximum absolute atomic E-state index is 11.3. The molecule has 0 saturated heterocycles. The van der Waals surface area contributed by atoms with Crippen molar-refractivity contribution in [2.75, 3.05) is 7.11 Å². The molecule has 0 radical (unpaired) electrons. The molecule has 0 spiro atoms. The number of hydrogen-bond donors (Lipinski definition) is 2. The monoisotopic (exact) mass is 190 g/mol. The van der Waals surface area contributed by atoms with Crippen molar-refractivity contribution in [2.24, 2.45) is 5.41 Å². The summed E-state index contributed by atoms with van der Waals surface area (Å²) in [5.74, 6) is -5.41. The van der Waals surface area contributed by atoms with Gasteiger partial charge >= 0.3 is 11.8 Å². The Labute approximate surface area is 76.3 Å². The summed E-state index contributed by atoms with van der Waals surface area (Å²) in [5.41, 5.74) is -1.02. The van der Waals surface area contributed by atoms with E-state index < -0.39 is 23.0 Å². The minimum atomic E-state index is -3.05. The molecular formula is C8H14O5. The Hall–Kier alpha value is -0.940. The molecule has 0 fully saturated rings. The van der Waals surface area contributed by atoms with Gasteiger partial charge in [0.1, 0.15) is 0 Å². The molecule has 0 aromatic rings. The quantitative estimate of drug-likeness (QED) is 0.347. The van der Waals surface area contributed by atoms with Crippen LogP contribution in [-0.4, -0.2) is 34.9 Å². The highest BCUT2D eigenvalue weighted by Crippen LogP contribution is 2.22. The van der Waals surface area contributed by atoms with E-state index in [1.807, 2.05) is 0 Å². The van der Waals surface area contributed by atoms with Crippen molar-refractivity contribution in [1.82, 2.24) is 0 Å². The zero-order valence-corrected chi connectivity index (χ0v) is 8.12. The highest BCUT2D eigenvalue weighted by atomic mass is 16.6. The summed E-state index contributed by atoms with van der Waals surface area (Å²) >= 11 is 0. The molecule has 13 heavy (non-hydrogen) atoms. The molecule has 0 amide bonds. The van der Waals surface area contributed by atoms with Crippen molar-refractivity contribution >= 4 is 11.8 Å². The molecule has 0 saturated carbocycles. The van der Waals surface area contributed by atoms with Gasteiger partial charge in [-0.1, -0.05) is 20.8 Å². The van der Waals surface area contributed by atoms with Gasteiger partial charge in [0.2, 0.25) is 5.78 Å². The molecule has 0 rings (SSSR count). The second kappa shape index (κ2) is 3.43. The molecule has 5 nitrogen and oxygen atoms in total. The van der Waals surface area contributed by atoms with E-state index in [2.05, 4.69) is 4.74 Å². The molecule has 5 heteroatoms. The van der Waals surface area contributed by atoms with Crippen LogP contribution in [0, 0.1) is 5.41 Å². The van der Waals surface area contributed by atoms with Crippen LogP contribution in [0.3, 0.4) is 0 Å². The Morgan fingerprint density at radius 1 is 1.15 bits per heavy atom. The summed E-state index contributed by atoms with van der Waals surface area (Å²) in [6.07, 6.45) is 0. The molecule has 0 aliphatic heterocycles. The van der Waals surface area contributed by atoms with Crippen LogP contribution in [0.1, 0.15) is 20.8 Å². The lowest BCUT2D eigenvalue weighted by Gasteiger charge is -2.25. The third kappa shape index (κ3) is 2.50. The molecule has 0 aliphatic carbocycles. The van der Waals surface area contributed by atoms with E-state index in [1.54, 1.807) is 0 Å². The van der Waals surface area contributed by atoms with Crippen LogP contribution in [0.4, 0.5) is 0 Å².